The summed E-state index contributed by atoms with van der Waals surface area (Å²) in [6.07, 6.45) is 1.77. The molecule has 0 atom stereocenters. The van der Waals surface area contributed by atoms with Crippen LogP contribution in [0, 0.1) is 6.92 Å². The number of aryl methyl sites for hydroxylation is 1. The van der Waals surface area contributed by atoms with Crippen molar-refractivity contribution >= 4 is 28.9 Å². The number of likely N-dealkylation sites (N-methyl/N-ethyl adjacent to an activating group) is 1. The number of rotatable bonds is 10. The first-order chi connectivity index (χ1) is 15.1. The molecule has 8 nitrogen and oxygen atoms in total. The van der Waals surface area contributed by atoms with Crippen molar-refractivity contribution in [2.45, 2.75) is 13.8 Å². The van der Waals surface area contributed by atoms with Crippen molar-refractivity contribution in [1.82, 2.24) is 9.97 Å². The number of fused-ring (bicyclic) bond motifs is 1. The van der Waals surface area contributed by atoms with Gasteiger partial charge < -0.3 is 19.1 Å². The summed E-state index contributed by atoms with van der Waals surface area (Å²) in [5.74, 6) is 2.38. The lowest BCUT2D eigenvalue weighted by molar-refractivity contribution is 0.205. The molecule has 1 aromatic heterocycles. The highest BCUT2D eigenvalue weighted by Gasteiger charge is 2.16. The van der Waals surface area contributed by atoms with Crippen molar-refractivity contribution in [1.29, 1.82) is 0 Å². The molecule has 1 N–H and O–H groups in total. The van der Waals surface area contributed by atoms with Crippen LogP contribution < -0.4 is 19.8 Å². The van der Waals surface area contributed by atoms with Crippen LogP contribution in [0.25, 0.3) is 10.9 Å². The predicted octanol–water partition coefficient (Wildman–Crippen LogP) is 3.87. The average molecular weight is 424 g/mol. The average Bonchev–Trinajstić information content (AvgIpc) is 2.78. The molecule has 0 saturated heterocycles. The van der Waals surface area contributed by atoms with Gasteiger partial charge in [0, 0.05) is 31.7 Å². The normalized spacial score (nSPS) is 11.1. The SMILES string of the molecule is CCN(CCOC)c1nc(N/N=C/c2cccc(C)c2)c2cc(OC)c(OC)cc2n1. The largest absolute Gasteiger partial charge is 0.493 e. The van der Waals surface area contributed by atoms with E-state index in [0.717, 1.165) is 23.0 Å². The summed E-state index contributed by atoms with van der Waals surface area (Å²) < 4.78 is 16.2. The van der Waals surface area contributed by atoms with E-state index in [-0.39, 0.29) is 0 Å². The van der Waals surface area contributed by atoms with Crippen LogP contribution in [0.15, 0.2) is 41.5 Å². The molecular formula is C23H29N5O3. The molecule has 0 amide bonds. The minimum atomic E-state index is 0.579. The summed E-state index contributed by atoms with van der Waals surface area (Å²) in [6, 6.07) is 11.8. The van der Waals surface area contributed by atoms with Crippen molar-refractivity contribution < 1.29 is 14.2 Å². The Hall–Kier alpha value is -3.39. The van der Waals surface area contributed by atoms with Gasteiger partial charge in [-0.05, 0) is 25.5 Å². The Morgan fingerprint density at radius 2 is 1.84 bits per heavy atom. The molecule has 164 valence electrons. The van der Waals surface area contributed by atoms with E-state index in [2.05, 4.69) is 28.4 Å². The summed E-state index contributed by atoms with van der Waals surface area (Å²) in [5, 5.41) is 5.19. The topological polar surface area (TPSA) is 81.1 Å². The van der Waals surface area contributed by atoms with Crippen LogP contribution in [-0.2, 0) is 4.74 Å². The van der Waals surface area contributed by atoms with E-state index in [1.807, 2.05) is 37.3 Å². The van der Waals surface area contributed by atoms with Gasteiger partial charge in [0.05, 0.1) is 32.6 Å². The number of hydrogen-bond acceptors (Lipinski definition) is 8. The maximum Gasteiger partial charge on any atom is 0.228 e. The zero-order chi connectivity index (χ0) is 22.2. The Kier molecular flexibility index (Phi) is 7.61. The van der Waals surface area contributed by atoms with Gasteiger partial charge >= 0.3 is 0 Å². The molecule has 3 aromatic rings. The van der Waals surface area contributed by atoms with E-state index in [1.54, 1.807) is 27.5 Å². The number of nitrogens with one attached hydrogen (secondary N) is 1. The summed E-state index contributed by atoms with van der Waals surface area (Å²) in [4.78, 5) is 11.5. The summed E-state index contributed by atoms with van der Waals surface area (Å²) in [5.41, 5.74) is 5.99. The van der Waals surface area contributed by atoms with Gasteiger partial charge in [0.1, 0.15) is 0 Å². The monoisotopic (exact) mass is 423 g/mol. The van der Waals surface area contributed by atoms with Gasteiger partial charge in [-0.2, -0.15) is 10.1 Å². The third-order valence-electron chi connectivity index (χ3n) is 4.85. The van der Waals surface area contributed by atoms with Crippen molar-refractivity contribution in [3.8, 4) is 11.5 Å². The van der Waals surface area contributed by atoms with Crippen LogP contribution in [-0.4, -0.2) is 57.2 Å². The van der Waals surface area contributed by atoms with Crippen LogP contribution >= 0.6 is 0 Å². The van der Waals surface area contributed by atoms with E-state index < -0.39 is 0 Å². The fraction of sp³-hybridized carbons (Fsp3) is 0.348. The maximum atomic E-state index is 5.46. The summed E-state index contributed by atoms with van der Waals surface area (Å²) in [6.45, 7) is 6.11. The molecule has 0 radical (unpaired) electrons. The lowest BCUT2D eigenvalue weighted by atomic mass is 10.2. The Labute approximate surface area is 182 Å². The minimum Gasteiger partial charge on any atom is -0.493 e. The van der Waals surface area contributed by atoms with Crippen molar-refractivity contribution in [3.63, 3.8) is 0 Å². The molecule has 0 bridgehead atoms. The first-order valence-corrected chi connectivity index (χ1v) is 10.1. The van der Waals surface area contributed by atoms with Crippen molar-refractivity contribution in [2.75, 3.05) is 51.4 Å². The highest BCUT2D eigenvalue weighted by Crippen LogP contribution is 2.35. The van der Waals surface area contributed by atoms with E-state index in [9.17, 15) is 0 Å². The smallest absolute Gasteiger partial charge is 0.228 e. The third kappa shape index (κ3) is 5.40. The number of benzene rings is 2. The first-order valence-electron chi connectivity index (χ1n) is 10.1. The Bertz CT molecular complexity index is 1050. The number of hydrogen-bond donors (Lipinski definition) is 1. The predicted molar refractivity (Wildman–Crippen MR) is 125 cm³/mol. The lowest BCUT2D eigenvalue weighted by Crippen LogP contribution is -2.28. The maximum absolute atomic E-state index is 5.46. The molecule has 0 aliphatic carbocycles. The number of methoxy groups -OCH3 is 3. The fourth-order valence-corrected chi connectivity index (χ4v) is 3.19. The standard InChI is InChI=1S/C23H29N5O3/c1-6-28(10-11-29-3)23-25-19-14-21(31-5)20(30-4)13-18(19)22(26-23)27-24-15-17-9-7-8-16(2)12-17/h7-9,12-15H,6,10-11H2,1-5H3,(H,25,26,27)/b24-15+. The van der Waals surface area contributed by atoms with E-state index >= 15 is 0 Å². The molecule has 3 rings (SSSR count). The number of aromatic nitrogens is 2. The van der Waals surface area contributed by atoms with Crippen LogP contribution in [0.5, 0.6) is 11.5 Å². The van der Waals surface area contributed by atoms with Crippen LogP contribution in [0.2, 0.25) is 0 Å². The van der Waals surface area contributed by atoms with Crippen molar-refractivity contribution in [2.24, 2.45) is 5.10 Å². The lowest BCUT2D eigenvalue weighted by Gasteiger charge is -2.21. The molecule has 2 aromatic carbocycles. The van der Waals surface area contributed by atoms with Gasteiger partial charge in [-0.25, -0.2) is 4.98 Å². The van der Waals surface area contributed by atoms with E-state index in [0.29, 0.717) is 36.4 Å². The molecule has 0 aliphatic heterocycles. The Morgan fingerprint density at radius 3 is 2.52 bits per heavy atom. The van der Waals surface area contributed by atoms with E-state index in [1.165, 1.54) is 5.56 Å². The van der Waals surface area contributed by atoms with Gasteiger partial charge in [0.25, 0.3) is 0 Å². The van der Waals surface area contributed by atoms with E-state index in [4.69, 9.17) is 24.2 Å². The molecule has 0 unspecified atom stereocenters. The van der Waals surface area contributed by atoms with Crippen LogP contribution in [0.3, 0.4) is 0 Å². The number of anilines is 2. The van der Waals surface area contributed by atoms with Gasteiger partial charge in [-0.3, -0.25) is 5.43 Å². The highest BCUT2D eigenvalue weighted by molar-refractivity contribution is 5.93. The molecule has 0 fully saturated rings. The number of hydrazone groups is 1. The third-order valence-corrected chi connectivity index (χ3v) is 4.85. The second-order valence-electron chi connectivity index (χ2n) is 6.95. The molecule has 0 aliphatic rings. The summed E-state index contributed by atoms with van der Waals surface area (Å²) in [7, 11) is 4.89. The Morgan fingerprint density at radius 1 is 1.06 bits per heavy atom. The second-order valence-corrected chi connectivity index (χ2v) is 6.95. The van der Waals surface area contributed by atoms with Gasteiger partial charge in [-0.1, -0.05) is 29.8 Å². The Balaban J connectivity index is 2.04. The number of nitrogens with zero attached hydrogens (tertiary/aromatic N) is 4. The number of ether oxygens (including phenoxy) is 3. The molecule has 0 saturated carbocycles. The first kappa shape index (κ1) is 22.3. The molecular weight excluding hydrogens is 394 g/mol. The molecule has 8 heteroatoms. The molecule has 0 spiro atoms. The van der Waals surface area contributed by atoms with Gasteiger partial charge in [-0.15, -0.1) is 0 Å². The zero-order valence-electron chi connectivity index (χ0n) is 18.7. The second kappa shape index (κ2) is 10.6. The molecule has 1 heterocycles. The van der Waals surface area contributed by atoms with Gasteiger partial charge in [0.15, 0.2) is 17.3 Å². The van der Waals surface area contributed by atoms with Crippen LogP contribution in [0.4, 0.5) is 11.8 Å². The quantitative estimate of drug-likeness (QED) is 0.391. The minimum absolute atomic E-state index is 0.579. The van der Waals surface area contributed by atoms with Crippen molar-refractivity contribution in [3.05, 3.63) is 47.5 Å². The highest BCUT2D eigenvalue weighted by atomic mass is 16.5. The van der Waals surface area contributed by atoms with Crippen LogP contribution in [0.1, 0.15) is 18.1 Å². The van der Waals surface area contributed by atoms with Gasteiger partial charge in [0.2, 0.25) is 5.95 Å². The fourth-order valence-electron chi connectivity index (χ4n) is 3.19. The summed E-state index contributed by atoms with van der Waals surface area (Å²) >= 11 is 0. The molecule has 31 heavy (non-hydrogen) atoms. The zero-order valence-corrected chi connectivity index (χ0v) is 18.7.